The molecule has 1 aromatic rings. The molecule has 0 aliphatic carbocycles. The summed E-state index contributed by atoms with van der Waals surface area (Å²) < 4.78 is 31.3. The predicted octanol–water partition coefficient (Wildman–Crippen LogP) is 1.21. The lowest BCUT2D eigenvalue weighted by Crippen LogP contribution is -2.31. The molecule has 0 aliphatic rings. The van der Waals surface area contributed by atoms with Crippen LogP contribution in [0, 0.1) is 11.6 Å². The number of carbonyl (C=O) groups is 1. The second kappa shape index (κ2) is 6.51. The van der Waals surface area contributed by atoms with E-state index < -0.39 is 24.1 Å². The van der Waals surface area contributed by atoms with Crippen LogP contribution in [-0.2, 0) is 4.79 Å². The topological polar surface area (TPSA) is 58.6 Å². The fourth-order valence-electron chi connectivity index (χ4n) is 1.03. The fraction of sp³-hybridized carbons (Fsp3) is 0.300. The molecule has 94 valence electrons. The van der Waals surface area contributed by atoms with Crippen LogP contribution in [0.3, 0.4) is 0 Å². The summed E-state index contributed by atoms with van der Waals surface area (Å²) in [6.07, 6.45) is 0. The van der Waals surface area contributed by atoms with Gasteiger partial charge in [0.15, 0.2) is 18.2 Å². The van der Waals surface area contributed by atoms with Gasteiger partial charge in [-0.25, -0.2) is 4.39 Å². The van der Waals surface area contributed by atoms with Crippen LogP contribution in [0.25, 0.3) is 0 Å². The summed E-state index contributed by atoms with van der Waals surface area (Å²) in [5.74, 6) is -3.09. The molecule has 17 heavy (non-hydrogen) atoms. The molecular weight excluding hydrogens is 300 g/mol. The minimum absolute atomic E-state index is 0.0809. The highest BCUT2D eigenvalue weighted by Crippen LogP contribution is 2.25. The van der Waals surface area contributed by atoms with Crippen LogP contribution in [0.15, 0.2) is 16.6 Å². The van der Waals surface area contributed by atoms with Gasteiger partial charge in [0.1, 0.15) is 0 Å². The summed E-state index contributed by atoms with van der Waals surface area (Å²) in [6.45, 7) is -0.573. The Hall–Kier alpha value is -1.21. The van der Waals surface area contributed by atoms with Crippen molar-refractivity contribution in [2.45, 2.75) is 0 Å². The predicted molar refractivity (Wildman–Crippen MR) is 59.6 cm³/mol. The minimum Gasteiger partial charge on any atom is -0.481 e. The third-order valence-electron chi connectivity index (χ3n) is 1.75. The van der Waals surface area contributed by atoms with Crippen LogP contribution in [0.2, 0.25) is 0 Å². The maximum Gasteiger partial charge on any atom is 0.258 e. The van der Waals surface area contributed by atoms with E-state index in [1.807, 2.05) is 0 Å². The second-order valence-corrected chi connectivity index (χ2v) is 3.98. The number of halogens is 3. The van der Waals surface area contributed by atoms with Crippen molar-refractivity contribution >= 4 is 21.8 Å². The number of carbonyl (C=O) groups excluding carboxylic acids is 1. The van der Waals surface area contributed by atoms with Crippen LogP contribution in [-0.4, -0.2) is 30.8 Å². The van der Waals surface area contributed by atoms with Gasteiger partial charge in [0, 0.05) is 11.0 Å². The number of aliphatic hydroxyl groups excluding tert-OH is 1. The second-order valence-electron chi connectivity index (χ2n) is 3.06. The summed E-state index contributed by atoms with van der Waals surface area (Å²) in [5.41, 5.74) is 0. The first kappa shape index (κ1) is 13.9. The van der Waals surface area contributed by atoms with E-state index in [0.717, 1.165) is 6.07 Å². The Morgan fingerprint density at radius 3 is 2.82 bits per heavy atom. The number of hydrogen-bond acceptors (Lipinski definition) is 3. The van der Waals surface area contributed by atoms with Gasteiger partial charge in [-0.2, -0.15) is 4.39 Å². The molecule has 0 unspecified atom stereocenters. The monoisotopic (exact) mass is 309 g/mol. The molecule has 0 saturated heterocycles. The highest BCUT2D eigenvalue weighted by Gasteiger charge is 2.12. The van der Waals surface area contributed by atoms with Gasteiger partial charge in [0.25, 0.3) is 5.91 Å². The molecule has 4 nitrogen and oxygen atoms in total. The molecule has 0 spiro atoms. The minimum atomic E-state index is -1.15. The lowest BCUT2D eigenvalue weighted by Gasteiger charge is -2.08. The first-order valence-corrected chi connectivity index (χ1v) is 5.48. The number of nitrogens with one attached hydrogen (secondary N) is 1. The highest BCUT2D eigenvalue weighted by atomic mass is 79.9. The number of aliphatic hydroxyl groups is 1. The molecule has 0 aromatic heterocycles. The third kappa shape index (κ3) is 4.27. The highest BCUT2D eigenvalue weighted by molar-refractivity contribution is 9.10. The molecule has 0 fully saturated rings. The van der Waals surface area contributed by atoms with Crippen molar-refractivity contribution in [2.75, 3.05) is 19.8 Å². The van der Waals surface area contributed by atoms with Crippen molar-refractivity contribution < 1.29 is 23.4 Å². The molecule has 1 amide bonds. The summed E-state index contributed by atoms with van der Waals surface area (Å²) in [7, 11) is 0. The van der Waals surface area contributed by atoms with Gasteiger partial charge in [-0.05, 0) is 12.1 Å². The Kier molecular flexibility index (Phi) is 5.30. The average molecular weight is 310 g/mol. The molecule has 7 heteroatoms. The Balaban J connectivity index is 2.60. The van der Waals surface area contributed by atoms with Crippen molar-refractivity contribution in [1.82, 2.24) is 5.32 Å². The van der Waals surface area contributed by atoms with Crippen LogP contribution in [0.1, 0.15) is 0 Å². The van der Waals surface area contributed by atoms with Crippen molar-refractivity contribution in [2.24, 2.45) is 0 Å². The van der Waals surface area contributed by atoms with Crippen LogP contribution < -0.4 is 10.1 Å². The van der Waals surface area contributed by atoms with Gasteiger partial charge < -0.3 is 15.2 Å². The summed E-state index contributed by atoms with van der Waals surface area (Å²) in [6, 6.07) is 2.17. The number of benzene rings is 1. The zero-order valence-electron chi connectivity index (χ0n) is 8.67. The summed E-state index contributed by atoms with van der Waals surface area (Å²) in [4.78, 5) is 11.1. The van der Waals surface area contributed by atoms with E-state index in [2.05, 4.69) is 21.2 Å². The van der Waals surface area contributed by atoms with E-state index in [1.165, 1.54) is 6.07 Å². The first-order chi connectivity index (χ1) is 8.04. The number of hydrogen-bond donors (Lipinski definition) is 2. The van der Waals surface area contributed by atoms with E-state index in [4.69, 9.17) is 9.84 Å². The van der Waals surface area contributed by atoms with Gasteiger partial charge in [0.05, 0.1) is 6.61 Å². The van der Waals surface area contributed by atoms with E-state index >= 15 is 0 Å². The normalized spacial score (nSPS) is 10.1. The Labute approximate surface area is 105 Å². The quantitative estimate of drug-likeness (QED) is 0.804. The lowest BCUT2D eigenvalue weighted by atomic mass is 10.3. The van der Waals surface area contributed by atoms with E-state index in [1.54, 1.807) is 0 Å². The van der Waals surface area contributed by atoms with Gasteiger partial charge in [0.2, 0.25) is 5.82 Å². The SMILES string of the molecule is O=C(COc1cc(Br)cc(F)c1F)NCCO. The zero-order valence-corrected chi connectivity index (χ0v) is 10.3. The van der Waals surface area contributed by atoms with Crippen LogP contribution in [0.4, 0.5) is 8.78 Å². The smallest absolute Gasteiger partial charge is 0.258 e. The van der Waals surface area contributed by atoms with E-state index in [-0.39, 0.29) is 18.9 Å². The largest absolute Gasteiger partial charge is 0.481 e. The van der Waals surface area contributed by atoms with E-state index in [9.17, 15) is 13.6 Å². The number of ether oxygens (including phenoxy) is 1. The number of amides is 1. The van der Waals surface area contributed by atoms with Crippen molar-refractivity contribution in [3.63, 3.8) is 0 Å². The molecule has 0 bridgehead atoms. The van der Waals surface area contributed by atoms with Crippen LogP contribution >= 0.6 is 15.9 Å². The van der Waals surface area contributed by atoms with Gasteiger partial charge in [-0.15, -0.1) is 0 Å². The standard InChI is InChI=1S/C10H10BrF2NO3/c11-6-3-7(12)10(13)8(4-6)17-5-9(16)14-1-2-15/h3-4,15H,1-2,5H2,(H,14,16). The molecule has 2 N–H and O–H groups in total. The molecule has 1 aromatic carbocycles. The van der Waals surface area contributed by atoms with Gasteiger partial charge in [-0.3, -0.25) is 4.79 Å². The molecule has 0 radical (unpaired) electrons. The first-order valence-electron chi connectivity index (χ1n) is 4.69. The van der Waals surface area contributed by atoms with Gasteiger partial charge >= 0.3 is 0 Å². The molecule has 0 atom stereocenters. The van der Waals surface area contributed by atoms with Gasteiger partial charge in [-0.1, -0.05) is 15.9 Å². The Morgan fingerprint density at radius 1 is 1.47 bits per heavy atom. The molecule has 0 heterocycles. The molecule has 0 aliphatic heterocycles. The van der Waals surface area contributed by atoms with Crippen molar-refractivity contribution in [3.05, 3.63) is 28.2 Å². The van der Waals surface area contributed by atoms with Crippen molar-refractivity contribution in [3.8, 4) is 5.75 Å². The Morgan fingerprint density at radius 2 is 2.18 bits per heavy atom. The summed E-state index contributed by atoms with van der Waals surface area (Å²) in [5, 5.41) is 10.8. The van der Waals surface area contributed by atoms with Crippen molar-refractivity contribution in [1.29, 1.82) is 0 Å². The average Bonchev–Trinajstić information content (AvgIpc) is 2.29. The lowest BCUT2D eigenvalue weighted by molar-refractivity contribution is -0.123. The molecular formula is C10H10BrF2NO3. The maximum absolute atomic E-state index is 13.2. The maximum atomic E-state index is 13.2. The zero-order chi connectivity index (χ0) is 12.8. The number of rotatable bonds is 5. The molecule has 0 saturated carbocycles. The van der Waals surface area contributed by atoms with E-state index in [0.29, 0.717) is 4.47 Å². The third-order valence-corrected chi connectivity index (χ3v) is 2.21. The van der Waals surface area contributed by atoms with Crippen LogP contribution in [0.5, 0.6) is 5.75 Å². The Bertz CT molecular complexity index is 415. The fourth-order valence-corrected chi connectivity index (χ4v) is 1.44. The molecule has 1 rings (SSSR count). The summed E-state index contributed by atoms with van der Waals surface area (Å²) >= 11 is 2.98.